The van der Waals surface area contributed by atoms with Crippen molar-refractivity contribution in [3.63, 3.8) is 0 Å². The number of amides is 3. The molecule has 2 heterocycles. The van der Waals surface area contributed by atoms with Gasteiger partial charge in [0.2, 0.25) is 0 Å². The van der Waals surface area contributed by atoms with Gasteiger partial charge in [0.25, 0.3) is 0 Å². The van der Waals surface area contributed by atoms with Gasteiger partial charge in [-0.2, -0.15) is 5.10 Å². The first-order valence-electron chi connectivity index (χ1n) is 10.9. The lowest BCUT2D eigenvalue weighted by molar-refractivity contribution is 0.0291. The van der Waals surface area contributed by atoms with Crippen molar-refractivity contribution in [3.05, 3.63) is 48.5 Å². The second-order valence-electron chi connectivity index (χ2n) is 9.00. The Labute approximate surface area is 197 Å². The summed E-state index contributed by atoms with van der Waals surface area (Å²) in [6.45, 7) is 6.51. The van der Waals surface area contributed by atoms with Crippen molar-refractivity contribution >= 4 is 40.5 Å². The number of likely N-dealkylation sites (tertiary alicyclic amines) is 1. The molecule has 9 heteroatoms. The highest BCUT2D eigenvalue weighted by Crippen LogP contribution is 2.30. The van der Waals surface area contributed by atoms with E-state index in [2.05, 4.69) is 10.6 Å². The maximum absolute atomic E-state index is 12.6. The van der Waals surface area contributed by atoms with Crippen molar-refractivity contribution in [2.75, 3.05) is 24.7 Å². The van der Waals surface area contributed by atoms with E-state index in [4.69, 9.17) is 9.84 Å². The Balaban J connectivity index is 1.44. The topological polar surface area (TPSA) is 88.5 Å². The Morgan fingerprint density at radius 2 is 1.91 bits per heavy atom. The van der Waals surface area contributed by atoms with Gasteiger partial charge >= 0.3 is 12.1 Å². The summed E-state index contributed by atoms with van der Waals surface area (Å²) < 4.78 is 7.31. The van der Waals surface area contributed by atoms with Crippen molar-refractivity contribution in [1.29, 1.82) is 0 Å². The van der Waals surface area contributed by atoms with Crippen LogP contribution in [-0.2, 0) is 4.74 Å². The zero-order valence-corrected chi connectivity index (χ0v) is 20.1. The molecule has 1 aliphatic heterocycles. The van der Waals surface area contributed by atoms with Crippen LogP contribution < -0.4 is 10.6 Å². The van der Waals surface area contributed by atoms with E-state index in [0.717, 1.165) is 21.6 Å². The second-order valence-corrected chi connectivity index (χ2v) is 9.79. The Morgan fingerprint density at radius 1 is 1.15 bits per heavy atom. The molecule has 1 aliphatic rings. The number of urea groups is 1. The van der Waals surface area contributed by atoms with Crippen LogP contribution in [0.2, 0.25) is 0 Å². The number of thioether (sulfide) groups is 1. The van der Waals surface area contributed by atoms with Gasteiger partial charge in [0, 0.05) is 30.2 Å². The zero-order valence-electron chi connectivity index (χ0n) is 19.3. The predicted molar refractivity (Wildman–Crippen MR) is 131 cm³/mol. The highest BCUT2D eigenvalue weighted by Gasteiger charge is 2.30. The van der Waals surface area contributed by atoms with Crippen LogP contribution in [0.1, 0.15) is 27.2 Å². The minimum atomic E-state index is -0.541. The fourth-order valence-electron chi connectivity index (χ4n) is 3.80. The number of ether oxygens (including phenoxy) is 1. The lowest BCUT2D eigenvalue weighted by atomic mass is 10.2. The van der Waals surface area contributed by atoms with Crippen molar-refractivity contribution in [3.8, 4) is 5.69 Å². The summed E-state index contributed by atoms with van der Waals surface area (Å²) in [6, 6.07) is 15.3. The first-order valence-corrected chi connectivity index (χ1v) is 12.1. The highest BCUT2D eigenvalue weighted by molar-refractivity contribution is 7.98. The quantitative estimate of drug-likeness (QED) is 0.534. The average Bonchev–Trinajstić information content (AvgIpc) is 3.37. The van der Waals surface area contributed by atoms with Crippen molar-refractivity contribution in [2.45, 2.75) is 43.9 Å². The maximum atomic E-state index is 12.6. The predicted octanol–water partition coefficient (Wildman–Crippen LogP) is 4.88. The molecule has 174 valence electrons. The third kappa shape index (κ3) is 5.42. The van der Waals surface area contributed by atoms with Gasteiger partial charge in [-0.05, 0) is 63.8 Å². The molecule has 0 aliphatic carbocycles. The van der Waals surface area contributed by atoms with Gasteiger partial charge in [-0.15, -0.1) is 11.8 Å². The van der Waals surface area contributed by atoms with Gasteiger partial charge in [0.1, 0.15) is 10.6 Å². The standard InChI is InChI=1S/C24H29N5O3S/c1-24(2,3)32-23(31)28-13-12-17(15-28)26-22(30)25-16-10-11-19-20(14-16)29(27-21(19)33-4)18-8-6-5-7-9-18/h5-11,14,17H,12-13,15H2,1-4H3,(H2,25,26,30). The van der Waals surface area contributed by atoms with E-state index in [9.17, 15) is 9.59 Å². The first kappa shape index (κ1) is 23.0. The normalized spacial score (nSPS) is 16.1. The van der Waals surface area contributed by atoms with E-state index in [1.54, 1.807) is 16.7 Å². The SMILES string of the molecule is CSc1nn(-c2ccccc2)c2cc(NC(=O)NC3CCN(C(=O)OC(C)(C)C)C3)ccc12. The van der Waals surface area contributed by atoms with Crippen LogP contribution in [0.25, 0.3) is 16.6 Å². The molecule has 4 rings (SSSR count). The summed E-state index contributed by atoms with van der Waals surface area (Å²) in [5, 5.41) is 12.6. The molecular weight excluding hydrogens is 438 g/mol. The number of carbonyl (C=O) groups excluding carboxylic acids is 2. The van der Waals surface area contributed by atoms with Crippen LogP contribution in [-0.4, -0.2) is 57.8 Å². The Morgan fingerprint density at radius 3 is 2.61 bits per heavy atom. The zero-order chi connectivity index (χ0) is 23.6. The molecule has 1 fully saturated rings. The number of fused-ring (bicyclic) bond motifs is 1. The number of rotatable bonds is 4. The third-order valence-electron chi connectivity index (χ3n) is 5.27. The van der Waals surface area contributed by atoms with Crippen LogP contribution in [0.15, 0.2) is 53.6 Å². The summed E-state index contributed by atoms with van der Waals surface area (Å²) in [7, 11) is 0. The van der Waals surface area contributed by atoms with Crippen LogP contribution in [0, 0.1) is 0 Å². The monoisotopic (exact) mass is 467 g/mol. The lowest BCUT2D eigenvalue weighted by Crippen LogP contribution is -2.41. The van der Waals surface area contributed by atoms with Gasteiger partial charge in [-0.3, -0.25) is 0 Å². The number of anilines is 1. The molecule has 3 amide bonds. The Bertz CT molecular complexity index is 1160. The molecule has 0 radical (unpaired) electrons. The number of hydrogen-bond acceptors (Lipinski definition) is 5. The number of hydrogen-bond donors (Lipinski definition) is 2. The van der Waals surface area contributed by atoms with Crippen LogP contribution >= 0.6 is 11.8 Å². The molecule has 1 saturated heterocycles. The van der Waals surface area contributed by atoms with Crippen molar-refractivity contribution in [1.82, 2.24) is 20.0 Å². The first-order chi connectivity index (χ1) is 15.7. The highest BCUT2D eigenvalue weighted by atomic mass is 32.2. The fourth-order valence-corrected chi connectivity index (χ4v) is 4.36. The molecule has 1 aromatic heterocycles. The van der Waals surface area contributed by atoms with E-state index in [1.807, 2.05) is 80.2 Å². The van der Waals surface area contributed by atoms with Crippen LogP contribution in [0.4, 0.5) is 15.3 Å². The van der Waals surface area contributed by atoms with E-state index in [0.29, 0.717) is 25.2 Å². The van der Waals surface area contributed by atoms with Gasteiger partial charge in [0.15, 0.2) is 0 Å². The Kier molecular flexibility index (Phi) is 6.51. The average molecular weight is 468 g/mol. The molecule has 1 atom stereocenters. The van der Waals surface area contributed by atoms with E-state index in [1.165, 1.54) is 0 Å². The van der Waals surface area contributed by atoms with E-state index < -0.39 is 5.60 Å². The number of aromatic nitrogens is 2. The summed E-state index contributed by atoms with van der Waals surface area (Å²) in [5.74, 6) is 0. The molecule has 3 aromatic rings. The van der Waals surface area contributed by atoms with Gasteiger partial charge in [0.05, 0.1) is 11.2 Å². The molecule has 0 saturated carbocycles. The third-order valence-corrected chi connectivity index (χ3v) is 5.96. The molecule has 1 unspecified atom stereocenters. The molecular formula is C24H29N5O3S. The minimum Gasteiger partial charge on any atom is -0.444 e. The molecule has 33 heavy (non-hydrogen) atoms. The van der Waals surface area contributed by atoms with Crippen LogP contribution in [0.5, 0.6) is 0 Å². The largest absolute Gasteiger partial charge is 0.444 e. The molecule has 2 N–H and O–H groups in total. The summed E-state index contributed by atoms with van der Waals surface area (Å²) in [6.07, 6.45) is 2.33. The number of benzene rings is 2. The van der Waals surface area contributed by atoms with Gasteiger partial charge in [-0.1, -0.05) is 18.2 Å². The van der Waals surface area contributed by atoms with Crippen LogP contribution in [0.3, 0.4) is 0 Å². The molecule has 2 aromatic carbocycles. The second kappa shape index (κ2) is 9.35. The van der Waals surface area contributed by atoms with Crippen molar-refractivity contribution < 1.29 is 14.3 Å². The molecule has 8 nitrogen and oxygen atoms in total. The van der Waals surface area contributed by atoms with Gasteiger partial charge in [-0.25, -0.2) is 14.3 Å². The minimum absolute atomic E-state index is 0.126. The summed E-state index contributed by atoms with van der Waals surface area (Å²) >= 11 is 1.59. The van der Waals surface area contributed by atoms with Gasteiger partial charge < -0.3 is 20.3 Å². The summed E-state index contributed by atoms with van der Waals surface area (Å²) in [5.41, 5.74) is 2.01. The van der Waals surface area contributed by atoms with Crippen molar-refractivity contribution in [2.24, 2.45) is 0 Å². The number of para-hydroxylation sites is 1. The lowest BCUT2D eigenvalue weighted by Gasteiger charge is -2.24. The van der Waals surface area contributed by atoms with E-state index in [-0.39, 0.29) is 18.2 Å². The molecule has 0 bridgehead atoms. The smallest absolute Gasteiger partial charge is 0.410 e. The number of carbonyl (C=O) groups is 2. The summed E-state index contributed by atoms with van der Waals surface area (Å²) in [4.78, 5) is 26.5. The number of nitrogens with zero attached hydrogens (tertiary/aromatic N) is 3. The fraction of sp³-hybridized carbons (Fsp3) is 0.375. The van der Waals surface area contributed by atoms with E-state index >= 15 is 0 Å². The Hall–Kier alpha value is -3.20. The molecule has 0 spiro atoms. The maximum Gasteiger partial charge on any atom is 0.410 e. The number of nitrogens with one attached hydrogen (secondary N) is 2.